The average molecular weight is 413 g/mol. The van der Waals surface area contributed by atoms with Gasteiger partial charge in [0, 0.05) is 18.0 Å². The topological polar surface area (TPSA) is 118 Å². The van der Waals surface area contributed by atoms with Crippen LogP contribution in [0, 0.1) is 12.0 Å². The van der Waals surface area contributed by atoms with E-state index in [0.717, 1.165) is 21.9 Å². The van der Waals surface area contributed by atoms with Gasteiger partial charge < -0.3 is 14.6 Å². The van der Waals surface area contributed by atoms with Crippen molar-refractivity contribution in [3.8, 4) is 40.7 Å². The second-order valence-corrected chi connectivity index (χ2v) is 6.48. The first-order valence-corrected chi connectivity index (χ1v) is 9.16. The van der Waals surface area contributed by atoms with E-state index in [0.29, 0.717) is 5.69 Å². The first kappa shape index (κ1) is 19.7. The van der Waals surface area contributed by atoms with Crippen molar-refractivity contribution in [3.63, 3.8) is 0 Å². The Kier molecular flexibility index (Phi) is 5.32. The van der Waals surface area contributed by atoms with Crippen LogP contribution in [-0.4, -0.2) is 30.7 Å². The molecule has 2 aromatic carbocycles. The summed E-state index contributed by atoms with van der Waals surface area (Å²) in [5.74, 6) is 1.34. The molecule has 0 aliphatic carbocycles. The molecule has 4 rings (SSSR count). The fourth-order valence-corrected chi connectivity index (χ4v) is 2.81. The second kappa shape index (κ2) is 8.39. The Morgan fingerprint density at radius 1 is 1.10 bits per heavy atom. The van der Waals surface area contributed by atoms with Gasteiger partial charge in [0.1, 0.15) is 12.0 Å². The summed E-state index contributed by atoms with van der Waals surface area (Å²) in [6.45, 7) is 0. The molecule has 0 fully saturated rings. The van der Waals surface area contributed by atoms with Crippen LogP contribution in [0.2, 0.25) is 0 Å². The van der Waals surface area contributed by atoms with E-state index in [1.165, 1.54) is 18.4 Å². The van der Waals surface area contributed by atoms with Crippen LogP contribution < -0.4 is 5.56 Å². The van der Waals surface area contributed by atoms with Crippen molar-refractivity contribution in [2.75, 3.05) is 0 Å². The maximum absolute atomic E-state index is 12.1. The zero-order valence-corrected chi connectivity index (χ0v) is 16.0. The molecule has 0 aliphatic heterocycles. The molecule has 4 aromatic rings. The number of hydrogen-bond acceptors (Lipinski definition) is 6. The molecule has 2 N–H and O–H groups in total. The maximum atomic E-state index is 12.1. The van der Waals surface area contributed by atoms with Gasteiger partial charge in [-0.25, -0.2) is 14.8 Å². The van der Waals surface area contributed by atoms with Crippen LogP contribution in [0.3, 0.4) is 0 Å². The number of hydrogen-bond donors (Lipinski definition) is 2. The van der Waals surface area contributed by atoms with Gasteiger partial charge in [0.15, 0.2) is 5.69 Å². The van der Waals surface area contributed by atoms with E-state index in [1.54, 1.807) is 12.1 Å². The molecule has 0 aliphatic rings. The number of oxazole rings is 1. The van der Waals surface area contributed by atoms with E-state index in [4.69, 9.17) is 9.52 Å². The number of carboxylic acid groups (broad SMARTS) is 1. The van der Waals surface area contributed by atoms with Gasteiger partial charge in [-0.1, -0.05) is 48.4 Å². The summed E-state index contributed by atoms with van der Waals surface area (Å²) < 4.78 is 6.30. The van der Waals surface area contributed by atoms with Crippen molar-refractivity contribution in [2.24, 2.45) is 0 Å². The largest absolute Gasteiger partial charge is 0.492 e. The lowest BCUT2D eigenvalue weighted by Crippen LogP contribution is -2.17. The monoisotopic (exact) mass is 413 g/mol. The minimum Gasteiger partial charge on any atom is -0.492 e. The van der Waals surface area contributed by atoms with Gasteiger partial charge in [-0.3, -0.25) is 4.79 Å². The highest BCUT2D eigenvalue weighted by atomic mass is 16.4. The number of nitrogens with zero attached hydrogens (tertiary/aromatic N) is 3. The quantitative estimate of drug-likeness (QED) is 0.494. The molecule has 8 heteroatoms. The maximum Gasteiger partial charge on any atom is 0.335 e. The molecule has 0 saturated carbocycles. The first-order valence-electron chi connectivity index (χ1n) is 9.16. The average Bonchev–Trinajstić information content (AvgIpc) is 3.27. The zero-order chi connectivity index (χ0) is 21.8. The first-order chi connectivity index (χ1) is 15.0. The van der Waals surface area contributed by atoms with Gasteiger partial charge in [-0.2, -0.15) is 4.57 Å². The van der Waals surface area contributed by atoms with E-state index in [9.17, 15) is 14.7 Å². The molecular formula is C23H15N3O5. The third-order valence-corrected chi connectivity index (χ3v) is 4.41. The third-order valence-electron chi connectivity index (χ3n) is 4.41. The Morgan fingerprint density at radius 2 is 1.84 bits per heavy atom. The fourth-order valence-electron chi connectivity index (χ4n) is 2.81. The number of aromatic hydroxyl groups is 1. The molecule has 0 amide bonds. The summed E-state index contributed by atoms with van der Waals surface area (Å²) in [4.78, 5) is 31.3. The lowest BCUT2D eigenvalue weighted by atomic mass is 10.1. The van der Waals surface area contributed by atoms with E-state index in [1.807, 2.05) is 30.3 Å². The number of aromatic nitrogens is 3. The Bertz CT molecular complexity index is 1360. The van der Waals surface area contributed by atoms with Gasteiger partial charge >= 0.3 is 5.97 Å². The van der Waals surface area contributed by atoms with Crippen LogP contribution in [-0.2, 0) is 6.42 Å². The smallest absolute Gasteiger partial charge is 0.335 e. The van der Waals surface area contributed by atoms with Gasteiger partial charge in [0.2, 0.25) is 5.88 Å². The van der Waals surface area contributed by atoms with Crippen LogP contribution in [0.25, 0.3) is 22.8 Å². The van der Waals surface area contributed by atoms with E-state index >= 15 is 0 Å². The molecule has 2 heterocycles. The second-order valence-electron chi connectivity index (χ2n) is 6.48. The highest BCUT2D eigenvalue weighted by Crippen LogP contribution is 2.27. The fraction of sp³-hybridized carbons (Fsp3) is 0.0435. The Balaban J connectivity index is 1.60. The third kappa shape index (κ3) is 4.21. The summed E-state index contributed by atoms with van der Waals surface area (Å²) in [6.07, 6.45) is 2.71. The SMILES string of the molecule is O=C(O)c1ccc(CC#Cn2c(O)c(-c3nc(-c4ccccc4)co3)ncc2=O)cc1. The normalized spacial score (nSPS) is 10.3. The van der Waals surface area contributed by atoms with Crippen molar-refractivity contribution < 1.29 is 19.4 Å². The van der Waals surface area contributed by atoms with Crippen molar-refractivity contribution in [1.29, 1.82) is 0 Å². The van der Waals surface area contributed by atoms with E-state index in [2.05, 4.69) is 21.9 Å². The van der Waals surface area contributed by atoms with Gasteiger partial charge in [-0.05, 0) is 17.7 Å². The Labute approximate surface area is 176 Å². The van der Waals surface area contributed by atoms with E-state index in [-0.39, 0.29) is 23.6 Å². The zero-order valence-electron chi connectivity index (χ0n) is 16.0. The minimum absolute atomic E-state index is 0.0121. The lowest BCUT2D eigenvalue weighted by molar-refractivity contribution is 0.0697. The number of carbonyl (C=O) groups is 1. The van der Waals surface area contributed by atoms with Crippen molar-refractivity contribution in [2.45, 2.75) is 6.42 Å². The predicted molar refractivity (Wildman–Crippen MR) is 111 cm³/mol. The highest BCUT2D eigenvalue weighted by molar-refractivity contribution is 5.87. The Hall–Kier alpha value is -4.64. The standard InChI is InChI=1S/C23H15N3O5/c27-19-13-24-20(21-25-18(14-31-21)16-6-2-1-3-7-16)22(28)26(19)12-4-5-15-8-10-17(11-9-15)23(29)30/h1-3,6-11,13-14,28H,5H2,(H,29,30). The van der Waals surface area contributed by atoms with Gasteiger partial charge in [0.05, 0.1) is 11.8 Å². The van der Waals surface area contributed by atoms with Crippen LogP contribution in [0.1, 0.15) is 15.9 Å². The summed E-state index contributed by atoms with van der Waals surface area (Å²) in [5.41, 5.74) is 1.71. The van der Waals surface area contributed by atoms with Crippen LogP contribution in [0.5, 0.6) is 5.88 Å². The van der Waals surface area contributed by atoms with Crippen molar-refractivity contribution >= 4 is 5.97 Å². The van der Waals surface area contributed by atoms with Crippen LogP contribution in [0.4, 0.5) is 0 Å². The number of carboxylic acids is 1. The van der Waals surface area contributed by atoms with Gasteiger partial charge in [0.25, 0.3) is 11.4 Å². The highest BCUT2D eigenvalue weighted by Gasteiger charge is 2.17. The lowest BCUT2D eigenvalue weighted by Gasteiger charge is -2.03. The van der Waals surface area contributed by atoms with E-state index < -0.39 is 17.4 Å². The number of aromatic carboxylic acids is 1. The molecule has 0 radical (unpaired) electrons. The van der Waals surface area contributed by atoms with Crippen LogP contribution in [0.15, 0.2) is 76.3 Å². The number of benzene rings is 2. The Morgan fingerprint density at radius 3 is 2.55 bits per heavy atom. The molecular weight excluding hydrogens is 398 g/mol. The molecule has 31 heavy (non-hydrogen) atoms. The van der Waals surface area contributed by atoms with Crippen LogP contribution >= 0.6 is 0 Å². The minimum atomic E-state index is -1.01. The molecule has 8 nitrogen and oxygen atoms in total. The van der Waals surface area contributed by atoms with Gasteiger partial charge in [-0.15, -0.1) is 0 Å². The molecule has 0 spiro atoms. The molecule has 0 bridgehead atoms. The molecule has 0 atom stereocenters. The molecule has 152 valence electrons. The predicted octanol–water partition coefficient (Wildman–Crippen LogP) is 3.02. The molecule has 0 unspecified atom stereocenters. The summed E-state index contributed by atoms with van der Waals surface area (Å²) in [5, 5.41) is 19.5. The molecule has 2 aromatic heterocycles. The summed E-state index contributed by atoms with van der Waals surface area (Å²) in [7, 11) is 0. The molecule has 0 saturated heterocycles. The summed E-state index contributed by atoms with van der Waals surface area (Å²) in [6, 6.07) is 18.2. The number of rotatable bonds is 4. The van der Waals surface area contributed by atoms with Crippen molar-refractivity contribution in [1.82, 2.24) is 14.5 Å². The summed E-state index contributed by atoms with van der Waals surface area (Å²) >= 11 is 0. The van der Waals surface area contributed by atoms with Crippen molar-refractivity contribution in [3.05, 3.63) is 88.5 Å².